The summed E-state index contributed by atoms with van der Waals surface area (Å²) in [7, 11) is 0. The van der Waals surface area contributed by atoms with E-state index in [0.717, 1.165) is 27.6 Å². The van der Waals surface area contributed by atoms with Crippen molar-refractivity contribution in [2.75, 3.05) is 5.32 Å². The second kappa shape index (κ2) is 4.62. The van der Waals surface area contributed by atoms with Crippen molar-refractivity contribution in [2.45, 2.75) is 20.4 Å². The van der Waals surface area contributed by atoms with Crippen LogP contribution in [0.3, 0.4) is 0 Å². The predicted octanol–water partition coefficient (Wildman–Crippen LogP) is 4.16. The Labute approximate surface area is 100 Å². The lowest BCUT2D eigenvalue weighted by Gasteiger charge is -2.09. The zero-order chi connectivity index (χ0) is 11.5. The van der Waals surface area contributed by atoms with Gasteiger partial charge in [0.2, 0.25) is 0 Å². The molecule has 3 heteroatoms. The molecule has 0 amide bonds. The topological polar surface area (TPSA) is 25.2 Å². The second-order valence-corrected chi connectivity index (χ2v) is 4.20. The number of hydrogen-bond donors (Lipinski definition) is 1. The molecule has 0 saturated heterocycles. The van der Waals surface area contributed by atoms with E-state index >= 15 is 0 Å². The highest BCUT2D eigenvalue weighted by molar-refractivity contribution is 6.31. The molecule has 1 N–H and O–H groups in total. The minimum atomic E-state index is 0.681. The van der Waals surface area contributed by atoms with Gasteiger partial charge in [-0.05, 0) is 43.2 Å². The first kappa shape index (κ1) is 11.1. The van der Waals surface area contributed by atoms with Gasteiger partial charge in [0.15, 0.2) is 0 Å². The van der Waals surface area contributed by atoms with Crippen molar-refractivity contribution in [1.82, 2.24) is 0 Å². The number of furan rings is 1. The first-order valence-electron chi connectivity index (χ1n) is 5.20. The Bertz CT molecular complexity index is 490. The molecule has 0 aliphatic carbocycles. The smallest absolute Gasteiger partial charge is 0.125 e. The Hall–Kier alpha value is -1.41. The molecule has 2 rings (SSSR count). The zero-order valence-corrected chi connectivity index (χ0v) is 10.1. The maximum absolute atomic E-state index is 6.04. The SMILES string of the molecule is Cc1ccoc1CNc1cccc(Cl)c1C. The molecule has 0 atom stereocenters. The molecule has 0 unspecified atom stereocenters. The van der Waals surface area contributed by atoms with Gasteiger partial charge in [0.25, 0.3) is 0 Å². The molecule has 0 saturated carbocycles. The maximum atomic E-state index is 6.04. The number of anilines is 1. The third kappa shape index (κ3) is 2.22. The Morgan fingerprint density at radius 2 is 2.06 bits per heavy atom. The highest BCUT2D eigenvalue weighted by Gasteiger charge is 2.04. The van der Waals surface area contributed by atoms with Gasteiger partial charge in [-0.2, -0.15) is 0 Å². The molecule has 2 aromatic rings. The highest BCUT2D eigenvalue weighted by atomic mass is 35.5. The Morgan fingerprint density at radius 3 is 2.75 bits per heavy atom. The molecule has 2 nitrogen and oxygen atoms in total. The summed E-state index contributed by atoms with van der Waals surface area (Å²) in [5.74, 6) is 0.958. The summed E-state index contributed by atoms with van der Waals surface area (Å²) < 4.78 is 5.36. The van der Waals surface area contributed by atoms with Crippen LogP contribution in [0, 0.1) is 13.8 Å². The van der Waals surface area contributed by atoms with Crippen molar-refractivity contribution >= 4 is 17.3 Å². The van der Waals surface area contributed by atoms with Crippen LogP contribution in [0.4, 0.5) is 5.69 Å². The van der Waals surface area contributed by atoms with Gasteiger partial charge in [0.1, 0.15) is 5.76 Å². The molecule has 0 fully saturated rings. The largest absolute Gasteiger partial charge is 0.467 e. The van der Waals surface area contributed by atoms with Crippen LogP contribution < -0.4 is 5.32 Å². The van der Waals surface area contributed by atoms with E-state index in [1.54, 1.807) is 6.26 Å². The van der Waals surface area contributed by atoms with Crippen LogP contribution in [0.2, 0.25) is 5.02 Å². The van der Waals surface area contributed by atoms with Crippen LogP contribution in [0.1, 0.15) is 16.9 Å². The quantitative estimate of drug-likeness (QED) is 0.864. The fourth-order valence-corrected chi connectivity index (χ4v) is 1.73. The van der Waals surface area contributed by atoms with E-state index in [1.165, 1.54) is 0 Å². The number of nitrogens with one attached hydrogen (secondary N) is 1. The normalized spacial score (nSPS) is 10.4. The van der Waals surface area contributed by atoms with E-state index in [-0.39, 0.29) is 0 Å². The van der Waals surface area contributed by atoms with Gasteiger partial charge in [-0.25, -0.2) is 0 Å². The number of rotatable bonds is 3. The molecular weight excluding hydrogens is 222 g/mol. The molecule has 16 heavy (non-hydrogen) atoms. The van der Waals surface area contributed by atoms with E-state index in [1.807, 2.05) is 38.1 Å². The molecule has 0 aliphatic rings. The van der Waals surface area contributed by atoms with Gasteiger partial charge < -0.3 is 9.73 Å². The highest BCUT2D eigenvalue weighted by Crippen LogP contribution is 2.23. The lowest BCUT2D eigenvalue weighted by atomic mass is 10.2. The van der Waals surface area contributed by atoms with Crippen LogP contribution in [0.15, 0.2) is 34.9 Å². The molecule has 84 valence electrons. The van der Waals surface area contributed by atoms with Gasteiger partial charge in [-0.3, -0.25) is 0 Å². The summed E-state index contributed by atoms with van der Waals surface area (Å²) in [6, 6.07) is 7.80. The van der Waals surface area contributed by atoms with E-state index in [4.69, 9.17) is 16.0 Å². The first-order valence-corrected chi connectivity index (χ1v) is 5.58. The lowest BCUT2D eigenvalue weighted by Crippen LogP contribution is -2.01. The fourth-order valence-electron chi connectivity index (χ4n) is 1.56. The predicted molar refractivity (Wildman–Crippen MR) is 67.0 cm³/mol. The van der Waals surface area contributed by atoms with Crippen LogP contribution in [0.25, 0.3) is 0 Å². The molecule has 1 aromatic heterocycles. The van der Waals surface area contributed by atoms with E-state index < -0.39 is 0 Å². The summed E-state index contributed by atoms with van der Waals surface area (Å²) in [4.78, 5) is 0. The maximum Gasteiger partial charge on any atom is 0.125 e. The van der Waals surface area contributed by atoms with Crippen LogP contribution in [0.5, 0.6) is 0 Å². The van der Waals surface area contributed by atoms with Crippen molar-refractivity contribution in [3.8, 4) is 0 Å². The van der Waals surface area contributed by atoms with Gasteiger partial charge >= 0.3 is 0 Å². The van der Waals surface area contributed by atoms with Crippen LogP contribution >= 0.6 is 11.6 Å². The van der Waals surface area contributed by atoms with Crippen molar-refractivity contribution < 1.29 is 4.42 Å². The molecular formula is C13H14ClNO. The summed E-state index contributed by atoms with van der Waals surface area (Å²) in [5.41, 5.74) is 3.27. The lowest BCUT2D eigenvalue weighted by molar-refractivity contribution is 0.515. The minimum absolute atomic E-state index is 0.681. The third-order valence-corrected chi connectivity index (χ3v) is 3.08. The second-order valence-electron chi connectivity index (χ2n) is 3.79. The van der Waals surface area contributed by atoms with Crippen LogP contribution in [-0.2, 0) is 6.54 Å². The van der Waals surface area contributed by atoms with E-state index in [0.29, 0.717) is 6.54 Å². The van der Waals surface area contributed by atoms with Gasteiger partial charge in [0.05, 0.1) is 12.8 Å². The van der Waals surface area contributed by atoms with Crippen molar-refractivity contribution in [3.63, 3.8) is 0 Å². The summed E-state index contributed by atoms with van der Waals surface area (Å²) in [6.45, 7) is 4.71. The average Bonchev–Trinajstić information content (AvgIpc) is 2.67. The molecule has 0 bridgehead atoms. The zero-order valence-electron chi connectivity index (χ0n) is 9.38. The number of aryl methyl sites for hydroxylation is 1. The van der Waals surface area contributed by atoms with E-state index in [9.17, 15) is 0 Å². The third-order valence-electron chi connectivity index (χ3n) is 2.68. The Balaban J connectivity index is 2.11. The van der Waals surface area contributed by atoms with Crippen molar-refractivity contribution in [1.29, 1.82) is 0 Å². The monoisotopic (exact) mass is 235 g/mol. The van der Waals surface area contributed by atoms with Crippen molar-refractivity contribution in [2.24, 2.45) is 0 Å². The summed E-state index contributed by atoms with van der Waals surface area (Å²) in [6.07, 6.45) is 1.71. The van der Waals surface area contributed by atoms with Crippen molar-refractivity contribution in [3.05, 3.63) is 52.4 Å². The first-order chi connectivity index (χ1) is 7.68. The fraction of sp³-hybridized carbons (Fsp3) is 0.231. The molecule has 0 spiro atoms. The number of hydrogen-bond acceptors (Lipinski definition) is 2. The van der Waals surface area contributed by atoms with E-state index in [2.05, 4.69) is 5.32 Å². The summed E-state index contributed by atoms with van der Waals surface area (Å²) in [5, 5.41) is 4.10. The van der Waals surface area contributed by atoms with Gasteiger partial charge in [0, 0.05) is 10.7 Å². The Kier molecular flexibility index (Phi) is 3.20. The summed E-state index contributed by atoms with van der Waals surface area (Å²) >= 11 is 6.04. The van der Waals surface area contributed by atoms with Gasteiger partial charge in [-0.15, -0.1) is 0 Å². The standard InChI is InChI=1S/C13H14ClNO/c1-9-6-7-16-13(9)8-15-12-5-3-4-11(14)10(12)2/h3-7,15H,8H2,1-2H3. The number of halogens is 1. The molecule has 0 aliphatic heterocycles. The Morgan fingerprint density at radius 1 is 1.25 bits per heavy atom. The van der Waals surface area contributed by atoms with Gasteiger partial charge in [-0.1, -0.05) is 17.7 Å². The number of benzene rings is 1. The molecule has 1 aromatic carbocycles. The van der Waals surface area contributed by atoms with Crippen LogP contribution in [-0.4, -0.2) is 0 Å². The molecule has 0 radical (unpaired) electrons. The average molecular weight is 236 g/mol. The minimum Gasteiger partial charge on any atom is -0.467 e. The molecule has 1 heterocycles.